The van der Waals surface area contributed by atoms with Crippen molar-refractivity contribution in [2.45, 2.75) is 25.5 Å². The summed E-state index contributed by atoms with van der Waals surface area (Å²) >= 11 is 0.0192. The van der Waals surface area contributed by atoms with Crippen LogP contribution < -0.4 is 4.74 Å². The molecule has 0 aliphatic carbocycles. The molecule has 3 heterocycles. The average Bonchev–Trinajstić information content (AvgIpc) is 3.24. The molecule has 0 saturated carbocycles. The quantitative estimate of drug-likeness (QED) is 0.470. The van der Waals surface area contributed by atoms with E-state index < -0.39 is 35.4 Å². The molecule has 0 unspecified atom stereocenters. The Morgan fingerprint density at radius 2 is 1.82 bits per heavy atom. The van der Waals surface area contributed by atoms with E-state index in [2.05, 4.69) is 0 Å². The third-order valence-corrected chi connectivity index (χ3v) is 6.69. The van der Waals surface area contributed by atoms with Crippen molar-refractivity contribution in [1.82, 2.24) is 9.47 Å². The molecular weight excluding hydrogens is 474 g/mol. The maximum Gasteiger partial charge on any atom is 0.426 e. The van der Waals surface area contributed by atoms with Gasteiger partial charge in [-0.2, -0.15) is 26.3 Å². The van der Waals surface area contributed by atoms with Crippen molar-refractivity contribution in [1.29, 1.82) is 0 Å². The molecule has 1 fully saturated rings. The topological polar surface area (TPSA) is 54.7 Å². The van der Waals surface area contributed by atoms with E-state index in [9.17, 15) is 31.1 Å². The van der Waals surface area contributed by atoms with Crippen molar-refractivity contribution >= 4 is 28.2 Å². The zero-order chi connectivity index (χ0) is 24.1. The molecule has 0 bridgehead atoms. The fraction of sp³-hybridized carbons (Fsp3) is 0.381. The standard InChI is InChI=1S/C21H18F6N2O3S/c1-28-13(9-29-7-12(8-29)19(30)31)4-11-5-14(2-3-17(11)28)32-10-15-6-16(20(22,23)24)18(33-15)21(25,26)27/h2-6,12H,7-10H2,1H3,(H,30,31). The molecule has 0 amide bonds. The number of carbonyl (C=O) groups is 1. The van der Waals surface area contributed by atoms with Gasteiger partial charge in [-0.15, -0.1) is 11.3 Å². The monoisotopic (exact) mass is 492 g/mol. The van der Waals surface area contributed by atoms with Crippen LogP contribution in [-0.2, 0) is 37.3 Å². The van der Waals surface area contributed by atoms with E-state index in [1.807, 2.05) is 22.6 Å². The lowest BCUT2D eigenvalue weighted by Crippen LogP contribution is -2.49. The molecule has 2 aromatic heterocycles. The lowest BCUT2D eigenvalue weighted by Gasteiger charge is -2.36. The minimum absolute atomic E-state index is 0.0192. The van der Waals surface area contributed by atoms with Crippen LogP contribution in [0.1, 0.15) is 21.0 Å². The number of ether oxygens (including phenoxy) is 1. The molecule has 5 nitrogen and oxygen atoms in total. The summed E-state index contributed by atoms with van der Waals surface area (Å²) in [7, 11) is 1.86. The normalized spacial score (nSPS) is 15.7. The number of aryl methyl sites for hydroxylation is 1. The van der Waals surface area contributed by atoms with E-state index in [0.717, 1.165) is 16.6 Å². The third kappa shape index (κ3) is 4.81. The minimum Gasteiger partial charge on any atom is -0.488 e. The summed E-state index contributed by atoms with van der Waals surface area (Å²) in [6, 6.07) is 7.38. The number of rotatable bonds is 6. The number of benzene rings is 1. The molecule has 0 radical (unpaired) electrons. The van der Waals surface area contributed by atoms with Crippen molar-refractivity contribution in [3.63, 3.8) is 0 Å². The molecule has 3 aromatic rings. The predicted molar refractivity (Wildman–Crippen MR) is 108 cm³/mol. The van der Waals surface area contributed by atoms with Crippen LogP contribution in [-0.4, -0.2) is 33.6 Å². The van der Waals surface area contributed by atoms with E-state index in [1.54, 1.807) is 18.2 Å². The third-order valence-electron chi connectivity index (χ3n) is 5.53. The van der Waals surface area contributed by atoms with Gasteiger partial charge in [-0.3, -0.25) is 9.69 Å². The van der Waals surface area contributed by atoms with Gasteiger partial charge in [0.25, 0.3) is 0 Å². The summed E-state index contributed by atoms with van der Waals surface area (Å²) in [5.74, 6) is -0.877. The van der Waals surface area contributed by atoms with Crippen LogP contribution in [0.3, 0.4) is 0 Å². The summed E-state index contributed by atoms with van der Waals surface area (Å²) in [6.07, 6.45) is -10.2. The molecule has 1 aliphatic rings. The number of hydrogen-bond donors (Lipinski definition) is 1. The summed E-state index contributed by atoms with van der Waals surface area (Å²) in [6.45, 7) is 1.05. The largest absolute Gasteiger partial charge is 0.488 e. The Hall–Kier alpha value is -2.73. The van der Waals surface area contributed by atoms with Crippen molar-refractivity contribution in [3.8, 4) is 5.75 Å². The van der Waals surface area contributed by atoms with Gasteiger partial charge in [0.15, 0.2) is 0 Å². The second kappa shape index (κ2) is 8.24. The van der Waals surface area contributed by atoms with Crippen LogP contribution in [0, 0.1) is 5.92 Å². The highest BCUT2D eigenvalue weighted by Gasteiger charge is 2.45. The van der Waals surface area contributed by atoms with E-state index in [-0.39, 0.29) is 22.1 Å². The molecule has 0 spiro atoms. The second-order valence-electron chi connectivity index (χ2n) is 7.88. The Balaban J connectivity index is 1.48. The van der Waals surface area contributed by atoms with Gasteiger partial charge < -0.3 is 14.4 Å². The number of aromatic nitrogens is 1. The van der Waals surface area contributed by atoms with Gasteiger partial charge in [0, 0.05) is 48.2 Å². The fourth-order valence-electron chi connectivity index (χ4n) is 3.80. The van der Waals surface area contributed by atoms with Crippen molar-refractivity contribution < 1.29 is 41.0 Å². The number of alkyl halides is 6. The van der Waals surface area contributed by atoms with E-state index in [0.29, 0.717) is 31.5 Å². The highest BCUT2D eigenvalue weighted by Crippen LogP contribution is 2.45. The molecule has 178 valence electrons. The lowest BCUT2D eigenvalue weighted by molar-refractivity contribution is -0.159. The summed E-state index contributed by atoms with van der Waals surface area (Å²) in [5, 5.41) is 9.78. The summed E-state index contributed by atoms with van der Waals surface area (Å²) < 4.78 is 85.3. The number of halogens is 6. The first-order valence-electron chi connectivity index (χ1n) is 9.76. The summed E-state index contributed by atoms with van der Waals surface area (Å²) in [4.78, 5) is 11.1. The van der Waals surface area contributed by atoms with Gasteiger partial charge in [-0.1, -0.05) is 0 Å². The first-order chi connectivity index (χ1) is 15.3. The van der Waals surface area contributed by atoms with Crippen LogP contribution >= 0.6 is 11.3 Å². The van der Waals surface area contributed by atoms with Crippen molar-refractivity contribution in [2.75, 3.05) is 13.1 Å². The first kappa shape index (κ1) is 23.4. The molecule has 1 N–H and O–H groups in total. The fourth-order valence-corrected chi connectivity index (χ4v) is 4.76. The van der Waals surface area contributed by atoms with E-state index in [1.165, 1.54) is 0 Å². The number of carboxylic acids is 1. The second-order valence-corrected chi connectivity index (χ2v) is 9.02. The van der Waals surface area contributed by atoms with Crippen LogP contribution in [0.2, 0.25) is 0 Å². The van der Waals surface area contributed by atoms with Crippen LogP contribution in [0.15, 0.2) is 30.3 Å². The molecular formula is C21H18F6N2O3S. The number of nitrogens with zero attached hydrogens (tertiary/aromatic N) is 2. The Morgan fingerprint density at radius 3 is 2.39 bits per heavy atom. The SMILES string of the molecule is Cn1c(CN2CC(C(=O)O)C2)cc2cc(OCc3cc(C(F)(F)F)c(C(F)(F)F)s3)ccc21. The van der Waals surface area contributed by atoms with Crippen molar-refractivity contribution in [2.24, 2.45) is 13.0 Å². The van der Waals surface area contributed by atoms with Crippen LogP contribution in [0.4, 0.5) is 26.3 Å². The molecule has 12 heteroatoms. The molecule has 1 aliphatic heterocycles. The molecule has 1 saturated heterocycles. The Morgan fingerprint density at radius 1 is 1.12 bits per heavy atom. The number of carboxylic acid groups (broad SMARTS) is 1. The van der Waals surface area contributed by atoms with Crippen molar-refractivity contribution in [3.05, 3.63) is 51.3 Å². The van der Waals surface area contributed by atoms with Gasteiger partial charge in [0.2, 0.25) is 0 Å². The van der Waals surface area contributed by atoms with Gasteiger partial charge in [-0.05, 0) is 30.3 Å². The number of hydrogen-bond acceptors (Lipinski definition) is 4. The summed E-state index contributed by atoms with van der Waals surface area (Å²) in [5.41, 5.74) is 0.0919. The minimum atomic E-state index is -5.11. The maximum atomic E-state index is 13.0. The predicted octanol–water partition coefficient (Wildman–Crippen LogP) is 5.37. The molecule has 1 aromatic carbocycles. The Labute approximate surface area is 187 Å². The van der Waals surface area contributed by atoms with E-state index >= 15 is 0 Å². The zero-order valence-electron chi connectivity index (χ0n) is 17.1. The molecule has 4 rings (SSSR count). The number of likely N-dealkylation sites (tertiary alicyclic amines) is 1. The lowest BCUT2D eigenvalue weighted by atomic mass is 10.0. The number of fused-ring (bicyclic) bond motifs is 1. The van der Waals surface area contributed by atoms with Gasteiger partial charge >= 0.3 is 18.3 Å². The highest BCUT2D eigenvalue weighted by atomic mass is 32.1. The number of aliphatic carboxylic acids is 1. The van der Waals surface area contributed by atoms with E-state index in [4.69, 9.17) is 9.84 Å². The Bertz CT molecular complexity index is 1160. The maximum absolute atomic E-state index is 13.0. The smallest absolute Gasteiger partial charge is 0.426 e. The average molecular weight is 492 g/mol. The Kier molecular flexibility index (Phi) is 5.85. The van der Waals surface area contributed by atoms with Gasteiger partial charge in [-0.25, -0.2) is 0 Å². The van der Waals surface area contributed by atoms with Crippen LogP contribution in [0.5, 0.6) is 5.75 Å². The van der Waals surface area contributed by atoms with Gasteiger partial charge in [0.05, 0.1) is 11.5 Å². The zero-order valence-corrected chi connectivity index (χ0v) is 17.9. The van der Waals surface area contributed by atoms with Crippen LogP contribution in [0.25, 0.3) is 10.9 Å². The molecule has 33 heavy (non-hydrogen) atoms. The number of thiophene rings is 1. The van der Waals surface area contributed by atoms with Gasteiger partial charge in [0.1, 0.15) is 17.2 Å². The molecule has 0 atom stereocenters. The first-order valence-corrected chi connectivity index (χ1v) is 10.6. The highest BCUT2D eigenvalue weighted by molar-refractivity contribution is 7.12.